The van der Waals surface area contributed by atoms with Gasteiger partial charge in [-0.3, -0.25) is 14.9 Å². The summed E-state index contributed by atoms with van der Waals surface area (Å²) in [6.45, 7) is 3.46. The molecule has 1 aliphatic carbocycles. The minimum Gasteiger partial charge on any atom is -0.408 e. The molecule has 0 spiro atoms. The number of hydrogen-bond donors (Lipinski definition) is 2. The Hall–Kier alpha value is -2.96. The van der Waals surface area contributed by atoms with Crippen LogP contribution in [0.2, 0.25) is 0 Å². The maximum Gasteiger partial charge on any atom is 0.322 e. The van der Waals surface area contributed by atoms with Gasteiger partial charge in [0.05, 0.1) is 24.6 Å². The Labute approximate surface area is 162 Å². The van der Waals surface area contributed by atoms with Gasteiger partial charge in [0.1, 0.15) is 12.2 Å². The van der Waals surface area contributed by atoms with Crippen LogP contribution in [0.15, 0.2) is 16.2 Å². The highest BCUT2D eigenvalue weighted by molar-refractivity contribution is 5.93. The van der Waals surface area contributed by atoms with Gasteiger partial charge in [0, 0.05) is 19.0 Å². The molecule has 1 fully saturated rings. The van der Waals surface area contributed by atoms with E-state index >= 15 is 0 Å². The van der Waals surface area contributed by atoms with Crippen molar-refractivity contribution in [3.8, 4) is 6.07 Å². The number of amides is 2. The molecule has 2 heterocycles. The molecular formula is C18H23FN6O3. The summed E-state index contributed by atoms with van der Waals surface area (Å²) in [6.07, 6.45) is 2.46. The predicted molar refractivity (Wildman–Crippen MR) is 96.3 cm³/mol. The molecule has 3 rings (SSSR count). The molecule has 0 bridgehead atoms. The second-order valence-corrected chi connectivity index (χ2v) is 7.45. The fraction of sp³-hybridized carbons (Fsp3) is 0.611. The van der Waals surface area contributed by atoms with E-state index in [1.165, 1.54) is 4.90 Å². The monoisotopic (exact) mass is 390 g/mol. The third kappa shape index (κ3) is 4.30. The van der Waals surface area contributed by atoms with Gasteiger partial charge in [0.15, 0.2) is 0 Å². The van der Waals surface area contributed by atoms with Crippen molar-refractivity contribution in [3.63, 3.8) is 0 Å². The van der Waals surface area contributed by atoms with E-state index in [-0.39, 0.29) is 37.3 Å². The van der Waals surface area contributed by atoms with Gasteiger partial charge in [0.2, 0.25) is 17.7 Å². The first-order chi connectivity index (χ1) is 13.3. The molecule has 150 valence electrons. The van der Waals surface area contributed by atoms with E-state index in [0.717, 1.165) is 5.70 Å². The predicted octanol–water partition coefficient (Wildman–Crippen LogP) is 1.44. The lowest BCUT2D eigenvalue weighted by Gasteiger charge is -2.31. The Balaban J connectivity index is 1.51. The van der Waals surface area contributed by atoms with E-state index in [4.69, 9.17) is 9.68 Å². The zero-order chi connectivity index (χ0) is 20.3. The van der Waals surface area contributed by atoms with Crippen LogP contribution >= 0.6 is 0 Å². The van der Waals surface area contributed by atoms with Crippen molar-refractivity contribution >= 4 is 17.8 Å². The van der Waals surface area contributed by atoms with Crippen molar-refractivity contribution in [2.24, 2.45) is 5.41 Å². The second kappa shape index (κ2) is 7.96. The van der Waals surface area contributed by atoms with E-state index in [0.29, 0.717) is 25.2 Å². The highest BCUT2D eigenvalue weighted by Crippen LogP contribution is 2.35. The van der Waals surface area contributed by atoms with Crippen LogP contribution in [0, 0.1) is 23.7 Å². The van der Waals surface area contributed by atoms with Crippen LogP contribution in [0.3, 0.4) is 0 Å². The molecule has 0 radical (unpaired) electrons. The summed E-state index contributed by atoms with van der Waals surface area (Å²) >= 11 is 0. The summed E-state index contributed by atoms with van der Waals surface area (Å²) in [7, 11) is 0. The maximum absolute atomic E-state index is 13.5. The van der Waals surface area contributed by atoms with Crippen molar-refractivity contribution in [3.05, 3.63) is 17.7 Å². The molecule has 3 atom stereocenters. The molecule has 28 heavy (non-hydrogen) atoms. The first kappa shape index (κ1) is 19.8. The van der Waals surface area contributed by atoms with E-state index in [1.54, 1.807) is 6.92 Å². The Morgan fingerprint density at radius 3 is 2.89 bits per heavy atom. The highest BCUT2D eigenvalue weighted by Gasteiger charge is 2.37. The first-order valence-corrected chi connectivity index (χ1v) is 9.18. The minimum atomic E-state index is -1.15. The fourth-order valence-electron chi connectivity index (χ4n) is 3.40. The number of aromatic nitrogens is 2. The average Bonchev–Trinajstić information content (AvgIpc) is 3.26. The van der Waals surface area contributed by atoms with Crippen LogP contribution < -0.4 is 10.6 Å². The topological polar surface area (TPSA) is 124 Å². The molecule has 1 aromatic heterocycles. The molecule has 2 aliphatic rings. The Kier molecular flexibility index (Phi) is 5.63. The van der Waals surface area contributed by atoms with Crippen molar-refractivity contribution < 1.29 is 18.4 Å². The molecule has 1 aromatic rings. The molecule has 1 saturated heterocycles. The van der Waals surface area contributed by atoms with Crippen LogP contribution in [-0.2, 0) is 9.59 Å². The summed E-state index contributed by atoms with van der Waals surface area (Å²) in [6, 6.07) is 1.34. The van der Waals surface area contributed by atoms with Gasteiger partial charge in [-0.15, -0.1) is 5.10 Å². The number of halogens is 1. The number of carbonyl (C=O) groups is 2. The standard InChI is InChI=1S/C18H23FN6O3/c1-11-23-24-17(28-11)22-16(27)18(2)5-3-13(4-6-18)21-9-15(26)25-10-12(19)7-14(25)8-20/h3,12,14,21H,4-7,9-10H2,1-2H3,(H,22,24,27)/t12-,14-,18?/m0/s1. The quantitative estimate of drug-likeness (QED) is 0.779. The van der Waals surface area contributed by atoms with Gasteiger partial charge in [-0.2, -0.15) is 5.26 Å². The smallest absolute Gasteiger partial charge is 0.322 e. The SMILES string of the molecule is Cc1nnc(NC(=O)C2(C)CC=C(NCC(=O)N3C[C@@H](F)C[C@H]3C#N)CC2)o1. The number of aryl methyl sites for hydroxylation is 1. The van der Waals surface area contributed by atoms with E-state index in [1.807, 2.05) is 19.1 Å². The van der Waals surface area contributed by atoms with Gasteiger partial charge in [-0.25, -0.2) is 4.39 Å². The summed E-state index contributed by atoms with van der Waals surface area (Å²) in [5.41, 5.74) is 0.233. The maximum atomic E-state index is 13.5. The zero-order valence-electron chi connectivity index (χ0n) is 15.9. The lowest BCUT2D eigenvalue weighted by atomic mass is 9.77. The van der Waals surface area contributed by atoms with Crippen molar-refractivity contribution in [1.82, 2.24) is 20.4 Å². The Morgan fingerprint density at radius 2 is 2.29 bits per heavy atom. The van der Waals surface area contributed by atoms with Gasteiger partial charge >= 0.3 is 6.01 Å². The van der Waals surface area contributed by atoms with Crippen LogP contribution in [0.5, 0.6) is 0 Å². The fourth-order valence-corrected chi connectivity index (χ4v) is 3.40. The van der Waals surface area contributed by atoms with Gasteiger partial charge < -0.3 is 14.6 Å². The number of allylic oxidation sites excluding steroid dienone is 2. The summed E-state index contributed by atoms with van der Waals surface area (Å²) in [5, 5.41) is 22.2. The molecular weight excluding hydrogens is 367 g/mol. The van der Waals surface area contributed by atoms with Gasteiger partial charge in [-0.1, -0.05) is 18.1 Å². The summed E-state index contributed by atoms with van der Waals surface area (Å²) in [4.78, 5) is 26.1. The minimum absolute atomic E-state index is 0.000898. The van der Waals surface area contributed by atoms with Crippen molar-refractivity contribution in [2.45, 2.75) is 51.7 Å². The Bertz CT molecular complexity index is 832. The number of nitriles is 1. The number of anilines is 1. The number of hydrogen-bond acceptors (Lipinski definition) is 7. The van der Waals surface area contributed by atoms with E-state index in [9.17, 15) is 14.0 Å². The molecule has 1 aliphatic heterocycles. The van der Waals surface area contributed by atoms with Crippen molar-refractivity contribution in [1.29, 1.82) is 5.26 Å². The molecule has 2 N–H and O–H groups in total. The van der Waals surface area contributed by atoms with Crippen LogP contribution in [-0.4, -0.2) is 52.2 Å². The Morgan fingerprint density at radius 1 is 1.50 bits per heavy atom. The molecule has 10 heteroatoms. The van der Waals surface area contributed by atoms with E-state index < -0.39 is 17.6 Å². The third-order valence-electron chi connectivity index (χ3n) is 5.23. The van der Waals surface area contributed by atoms with Gasteiger partial charge in [0.25, 0.3) is 0 Å². The number of likely N-dealkylation sites (tertiary alicyclic amines) is 1. The number of nitrogens with one attached hydrogen (secondary N) is 2. The van der Waals surface area contributed by atoms with Crippen LogP contribution in [0.25, 0.3) is 0 Å². The van der Waals surface area contributed by atoms with Crippen molar-refractivity contribution in [2.75, 3.05) is 18.4 Å². The molecule has 0 aromatic carbocycles. The number of alkyl halides is 1. The van der Waals surface area contributed by atoms with E-state index in [2.05, 4.69) is 20.8 Å². The average molecular weight is 390 g/mol. The summed E-state index contributed by atoms with van der Waals surface area (Å²) in [5.74, 6) is -0.133. The summed E-state index contributed by atoms with van der Waals surface area (Å²) < 4.78 is 18.6. The highest BCUT2D eigenvalue weighted by atomic mass is 19.1. The lowest BCUT2D eigenvalue weighted by Crippen LogP contribution is -2.41. The van der Waals surface area contributed by atoms with Gasteiger partial charge in [-0.05, 0) is 19.3 Å². The normalized spacial score (nSPS) is 27.1. The third-order valence-corrected chi connectivity index (χ3v) is 5.23. The second-order valence-electron chi connectivity index (χ2n) is 7.45. The molecule has 1 unspecified atom stereocenters. The number of carbonyl (C=O) groups excluding carboxylic acids is 2. The largest absolute Gasteiger partial charge is 0.408 e. The zero-order valence-corrected chi connectivity index (χ0v) is 15.9. The number of rotatable bonds is 5. The molecule has 9 nitrogen and oxygen atoms in total. The first-order valence-electron chi connectivity index (χ1n) is 9.18. The molecule has 0 saturated carbocycles. The molecule has 2 amide bonds. The lowest BCUT2D eigenvalue weighted by molar-refractivity contribution is -0.130. The van der Waals surface area contributed by atoms with Crippen LogP contribution in [0.4, 0.5) is 10.4 Å². The van der Waals surface area contributed by atoms with Crippen LogP contribution in [0.1, 0.15) is 38.5 Å². The number of nitrogens with zero attached hydrogens (tertiary/aromatic N) is 4.